The van der Waals surface area contributed by atoms with Crippen molar-refractivity contribution in [2.24, 2.45) is 0 Å². The summed E-state index contributed by atoms with van der Waals surface area (Å²) in [6, 6.07) is 3.11. The molecule has 3 heterocycles. The van der Waals surface area contributed by atoms with Gasteiger partial charge in [-0.25, -0.2) is 14.2 Å². The third kappa shape index (κ3) is 4.51. The molecule has 1 atom stereocenters. The number of fused-ring (bicyclic) bond motifs is 1. The lowest BCUT2D eigenvalue weighted by atomic mass is 10.2. The summed E-state index contributed by atoms with van der Waals surface area (Å²) >= 11 is 3.61. The highest BCUT2D eigenvalue weighted by atomic mass is 79.9. The van der Waals surface area contributed by atoms with Crippen LogP contribution >= 0.6 is 15.9 Å². The summed E-state index contributed by atoms with van der Waals surface area (Å²) in [6.07, 6.45) is 3.81. The number of aromatic amines is 1. The number of pyridine rings is 1. The van der Waals surface area contributed by atoms with Crippen LogP contribution in [0.1, 0.15) is 32.8 Å². The zero-order valence-corrected chi connectivity index (χ0v) is 19.5. The van der Waals surface area contributed by atoms with Gasteiger partial charge in [0.25, 0.3) is 0 Å². The Morgan fingerprint density at radius 2 is 2.13 bits per heavy atom. The number of amides is 1. The highest BCUT2D eigenvalue weighted by Gasteiger charge is 2.29. The van der Waals surface area contributed by atoms with Crippen molar-refractivity contribution in [2.75, 3.05) is 18.0 Å². The second kappa shape index (κ2) is 8.11. The number of anilines is 1. The molecule has 7 nitrogen and oxygen atoms in total. The minimum absolute atomic E-state index is 0.0434. The van der Waals surface area contributed by atoms with Crippen molar-refractivity contribution in [3.05, 3.63) is 40.4 Å². The number of hydrogen-bond donors (Lipinski definition) is 2. The summed E-state index contributed by atoms with van der Waals surface area (Å²) in [7, 11) is 0. The number of aryl methyl sites for hydroxylation is 1. The number of imidazole rings is 1. The molecule has 1 aliphatic rings. The van der Waals surface area contributed by atoms with E-state index in [1.54, 1.807) is 18.5 Å². The fourth-order valence-corrected chi connectivity index (χ4v) is 4.38. The molecule has 0 spiro atoms. The Labute approximate surface area is 188 Å². The number of aromatic nitrogens is 3. The van der Waals surface area contributed by atoms with Crippen LogP contribution in [0, 0.1) is 12.7 Å². The molecular weight excluding hydrogens is 465 g/mol. The van der Waals surface area contributed by atoms with Crippen molar-refractivity contribution in [3.63, 3.8) is 0 Å². The van der Waals surface area contributed by atoms with Gasteiger partial charge in [-0.3, -0.25) is 4.98 Å². The molecule has 0 bridgehead atoms. The normalized spacial score (nSPS) is 16.7. The molecule has 4 rings (SSSR count). The highest BCUT2D eigenvalue weighted by molar-refractivity contribution is 9.10. The Bertz CT molecular complexity index is 1100. The first-order valence-electron chi connectivity index (χ1n) is 10.2. The minimum Gasteiger partial charge on any atom is -0.444 e. The van der Waals surface area contributed by atoms with Crippen LogP contribution in [0.15, 0.2) is 29.0 Å². The van der Waals surface area contributed by atoms with Crippen LogP contribution in [-0.2, 0) is 4.74 Å². The first kappa shape index (κ1) is 21.5. The molecule has 1 saturated heterocycles. The molecule has 2 N–H and O–H groups in total. The number of carbonyl (C=O) groups excluding carboxylic acids is 1. The lowest BCUT2D eigenvalue weighted by molar-refractivity contribution is 0.0509. The fourth-order valence-electron chi connectivity index (χ4n) is 3.80. The number of hydrogen-bond acceptors (Lipinski definition) is 5. The van der Waals surface area contributed by atoms with E-state index in [1.807, 2.05) is 27.7 Å². The number of ether oxygens (including phenoxy) is 1. The minimum atomic E-state index is -0.543. The third-order valence-corrected chi connectivity index (χ3v) is 5.73. The van der Waals surface area contributed by atoms with Crippen molar-refractivity contribution in [3.8, 4) is 11.4 Å². The second-order valence-corrected chi connectivity index (χ2v) is 9.62. The Hall–Kier alpha value is -2.68. The van der Waals surface area contributed by atoms with Gasteiger partial charge in [0.1, 0.15) is 22.8 Å². The van der Waals surface area contributed by atoms with Gasteiger partial charge in [-0.15, -0.1) is 0 Å². The van der Waals surface area contributed by atoms with E-state index in [-0.39, 0.29) is 11.9 Å². The highest BCUT2D eigenvalue weighted by Crippen LogP contribution is 2.38. The Kier molecular flexibility index (Phi) is 5.63. The van der Waals surface area contributed by atoms with Crippen LogP contribution in [-0.4, -0.2) is 45.8 Å². The van der Waals surface area contributed by atoms with Gasteiger partial charge in [0.05, 0.1) is 27.3 Å². The van der Waals surface area contributed by atoms with Gasteiger partial charge in [-0.1, -0.05) is 6.07 Å². The smallest absolute Gasteiger partial charge is 0.407 e. The molecule has 1 amide bonds. The molecule has 0 aliphatic carbocycles. The summed E-state index contributed by atoms with van der Waals surface area (Å²) in [5.41, 5.74) is 3.01. The molecule has 2 aromatic heterocycles. The number of benzene rings is 1. The van der Waals surface area contributed by atoms with Gasteiger partial charge >= 0.3 is 6.09 Å². The zero-order chi connectivity index (χ0) is 22.3. The number of H-pyrrole nitrogens is 1. The van der Waals surface area contributed by atoms with E-state index >= 15 is 0 Å². The number of halogens is 2. The first-order valence-corrected chi connectivity index (χ1v) is 10.9. The van der Waals surface area contributed by atoms with E-state index in [4.69, 9.17) is 4.74 Å². The van der Waals surface area contributed by atoms with E-state index in [0.717, 1.165) is 34.3 Å². The summed E-state index contributed by atoms with van der Waals surface area (Å²) in [5.74, 6) is 0.210. The molecule has 0 saturated carbocycles. The molecular formula is C22H25BrFN5O2. The molecule has 1 aliphatic heterocycles. The van der Waals surface area contributed by atoms with Crippen LogP contribution in [0.25, 0.3) is 22.4 Å². The van der Waals surface area contributed by atoms with E-state index < -0.39 is 11.7 Å². The standard InChI is InChI=1S/C22H25BrFN5O2/c1-12-5-6-16(24)18-17(12)27-20(28-18)14-9-25-10-15(23)19(14)29-8-7-13(11-29)26-21(30)31-22(2,3)4/h5-6,9-10,13H,7-8,11H2,1-4H3,(H,26,30)(H,27,28)/t13-/m0/s1. The van der Waals surface area contributed by atoms with Gasteiger partial charge in [0.2, 0.25) is 0 Å². The molecule has 0 radical (unpaired) electrons. The van der Waals surface area contributed by atoms with Gasteiger partial charge in [0, 0.05) is 25.5 Å². The van der Waals surface area contributed by atoms with E-state index in [9.17, 15) is 9.18 Å². The average molecular weight is 490 g/mol. The lowest BCUT2D eigenvalue weighted by Gasteiger charge is -2.24. The predicted molar refractivity (Wildman–Crippen MR) is 122 cm³/mol. The van der Waals surface area contributed by atoms with E-state index in [1.165, 1.54) is 6.07 Å². The Balaban J connectivity index is 1.62. The monoisotopic (exact) mass is 489 g/mol. The largest absolute Gasteiger partial charge is 0.444 e. The Morgan fingerprint density at radius 3 is 2.84 bits per heavy atom. The second-order valence-electron chi connectivity index (χ2n) is 8.77. The van der Waals surface area contributed by atoms with Crippen LogP contribution in [0.5, 0.6) is 0 Å². The van der Waals surface area contributed by atoms with Crippen LogP contribution in [0.3, 0.4) is 0 Å². The summed E-state index contributed by atoms with van der Waals surface area (Å²) in [4.78, 5) is 26.4. The maximum atomic E-state index is 14.3. The number of alkyl carbamates (subject to hydrolysis) is 1. The topological polar surface area (TPSA) is 83.1 Å². The van der Waals surface area contributed by atoms with Gasteiger partial charge in [0.15, 0.2) is 0 Å². The number of rotatable bonds is 3. The predicted octanol–water partition coefficient (Wildman–Crippen LogP) is 4.94. The maximum absolute atomic E-state index is 14.3. The Morgan fingerprint density at radius 1 is 1.35 bits per heavy atom. The number of carbonyl (C=O) groups is 1. The van der Waals surface area contributed by atoms with E-state index in [2.05, 4.69) is 41.1 Å². The van der Waals surface area contributed by atoms with Crippen molar-refractivity contribution in [1.29, 1.82) is 0 Å². The van der Waals surface area contributed by atoms with Crippen LogP contribution in [0.2, 0.25) is 0 Å². The molecule has 3 aromatic rings. The van der Waals surface area contributed by atoms with Crippen molar-refractivity contribution >= 4 is 38.7 Å². The fraction of sp³-hybridized carbons (Fsp3) is 0.409. The van der Waals surface area contributed by atoms with Gasteiger partial charge in [-0.2, -0.15) is 0 Å². The maximum Gasteiger partial charge on any atom is 0.407 e. The molecule has 31 heavy (non-hydrogen) atoms. The summed E-state index contributed by atoms with van der Waals surface area (Å²) < 4.78 is 20.5. The molecule has 0 unspecified atom stereocenters. The SMILES string of the molecule is Cc1ccc(F)c2[nH]c(-c3cncc(Br)c3N3CC[C@H](NC(=O)OC(C)(C)C)C3)nc12. The van der Waals surface area contributed by atoms with E-state index in [0.29, 0.717) is 23.4 Å². The van der Waals surface area contributed by atoms with Crippen molar-refractivity contribution in [1.82, 2.24) is 20.3 Å². The zero-order valence-electron chi connectivity index (χ0n) is 17.9. The molecule has 1 fully saturated rings. The molecule has 9 heteroatoms. The first-order chi connectivity index (χ1) is 14.6. The van der Waals surface area contributed by atoms with Crippen molar-refractivity contribution < 1.29 is 13.9 Å². The molecule has 1 aromatic carbocycles. The number of nitrogens with zero attached hydrogens (tertiary/aromatic N) is 3. The third-order valence-electron chi connectivity index (χ3n) is 5.15. The van der Waals surface area contributed by atoms with Crippen LogP contribution < -0.4 is 10.2 Å². The average Bonchev–Trinajstić information content (AvgIpc) is 3.31. The quantitative estimate of drug-likeness (QED) is 0.544. The van der Waals surface area contributed by atoms with Gasteiger partial charge in [-0.05, 0) is 61.7 Å². The lowest BCUT2D eigenvalue weighted by Crippen LogP contribution is -2.40. The van der Waals surface area contributed by atoms with Crippen LogP contribution in [0.4, 0.5) is 14.9 Å². The number of nitrogens with one attached hydrogen (secondary N) is 2. The molecule has 164 valence electrons. The summed E-state index contributed by atoms with van der Waals surface area (Å²) in [5, 5.41) is 2.94. The van der Waals surface area contributed by atoms with Crippen molar-refractivity contribution in [2.45, 2.75) is 45.8 Å². The van der Waals surface area contributed by atoms with Gasteiger partial charge < -0.3 is 19.9 Å². The summed E-state index contributed by atoms with van der Waals surface area (Å²) in [6.45, 7) is 8.77.